The number of rotatable bonds is 4. The zero-order chi connectivity index (χ0) is 11.8. The molecule has 1 aliphatic carbocycles. The Morgan fingerprint density at radius 1 is 1.44 bits per heavy atom. The van der Waals surface area contributed by atoms with E-state index in [2.05, 4.69) is 26.0 Å². The average molecular weight is 237 g/mol. The molecule has 0 unspecified atom stereocenters. The Kier molecular flexibility index (Phi) is 3.07. The first-order valence-corrected chi connectivity index (χ1v) is 6.20. The van der Waals surface area contributed by atoms with Crippen molar-refractivity contribution in [3.63, 3.8) is 0 Å². The van der Waals surface area contributed by atoms with Crippen LogP contribution in [0.25, 0.3) is 0 Å². The van der Waals surface area contributed by atoms with Crippen molar-refractivity contribution < 1.29 is 4.79 Å². The zero-order valence-electron chi connectivity index (χ0n) is 9.79. The molecule has 0 aromatic heterocycles. The van der Waals surface area contributed by atoms with Gasteiger partial charge in [-0.15, -0.1) is 0 Å². The van der Waals surface area contributed by atoms with Crippen molar-refractivity contribution in [2.24, 2.45) is 5.92 Å². The molecule has 16 heavy (non-hydrogen) atoms. The Hall–Kier alpha value is -0.820. The second-order valence-corrected chi connectivity index (χ2v) is 5.59. The van der Waals surface area contributed by atoms with Crippen LogP contribution in [-0.2, 0) is 16.6 Å². The summed E-state index contributed by atoms with van der Waals surface area (Å²) >= 11 is 6.25. The molecule has 2 rings (SSSR count). The lowest BCUT2D eigenvalue weighted by atomic mass is 9.94. The van der Waals surface area contributed by atoms with Gasteiger partial charge in [-0.1, -0.05) is 37.6 Å². The van der Waals surface area contributed by atoms with E-state index >= 15 is 0 Å². The fourth-order valence-electron chi connectivity index (χ4n) is 2.07. The summed E-state index contributed by atoms with van der Waals surface area (Å²) in [5.74, 6) is 0.601. The number of hydrogen-bond donors (Lipinski definition) is 0. The largest absolute Gasteiger partial charge is 0.302 e. The van der Waals surface area contributed by atoms with E-state index in [1.165, 1.54) is 5.56 Å². The van der Waals surface area contributed by atoms with Crippen molar-refractivity contribution in [1.29, 1.82) is 0 Å². The molecule has 0 heterocycles. The molecular weight excluding hydrogens is 220 g/mol. The van der Waals surface area contributed by atoms with E-state index in [1.807, 2.05) is 6.07 Å². The fourth-order valence-corrected chi connectivity index (χ4v) is 2.33. The zero-order valence-corrected chi connectivity index (χ0v) is 10.6. The highest BCUT2D eigenvalue weighted by atomic mass is 35.5. The maximum Gasteiger partial charge on any atom is 0.130 e. The van der Waals surface area contributed by atoms with Crippen LogP contribution in [0, 0.1) is 5.92 Å². The summed E-state index contributed by atoms with van der Waals surface area (Å²) in [7, 11) is 0. The Morgan fingerprint density at radius 3 is 2.56 bits per heavy atom. The lowest BCUT2D eigenvalue weighted by molar-refractivity contribution is -0.109. The molecule has 0 N–H and O–H groups in total. The first-order chi connectivity index (χ1) is 7.57. The number of aldehydes is 1. The highest BCUT2D eigenvalue weighted by Crippen LogP contribution is 2.47. The molecule has 1 aliphatic rings. The summed E-state index contributed by atoms with van der Waals surface area (Å²) in [5.41, 5.74) is 2.06. The minimum Gasteiger partial charge on any atom is -0.302 e. The van der Waals surface area contributed by atoms with Gasteiger partial charge in [0.1, 0.15) is 6.29 Å². The van der Waals surface area contributed by atoms with E-state index < -0.39 is 0 Å². The van der Waals surface area contributed by atoms with Crippen LogP contribution < -0.4 is 0 Å². The number of halogens is 1. The van der Waals surface area contributed by atoms with Gasteiger partial charge in [-0.05, 0) is 42.4 Å². The summed E-state index contributed by atoms with van der Waals surface area (Å²) in [6.45, 7) is 4.36. The van der Waals surface area contributed by atoms with Gasteiger partial charge in [0, 0.05) is 5.02 Å². The average Bonchev–Trinajstić information content (AvgIpc) is 3.01. The van der Waals surface area contributed by atoms with Gasteiger partial charge in [0.05, 0.1) is 5.41 Å². The SMILES string of the molecule is CC(C)Cc1ccc(C2(C=O)CC2)cc1Cl. The third-order valence-electron chi connectivity index (χ3n) is 3.27. The Labute approximate surface area is 102 Å². The third-order valence-corrected chi connectivity index (χ3v) is 3.62. The maximum absolute atomic E-state index is 11.0. The quantitative estimate of drug-likeness (QED) is 0.728. The van der Waals surface area contributed by atoms with E-state index in [-0.39, 0.29) is 5.41 Å². The van der Waals surface area contributed by atoms with Crippen molar-refractivity contribution in [3.8, 4) is 0 Å². The molecule has 1 aromatic rings. The van der Waals surface area contributed by atoms with Crippen molar-refractivity contribution in [3.05, 3.63) is 34.3 Å². The monoisotopic (exact) mass is 236 g/mol. The van der Waals surface area contributed by atoms with Gasteiger partial charge in [-0.25, -0.2) is 0 Å². The van der Waals surface area contributed by atoms with Crippen LogP contribution in [-0.4, -0.2) is 6.29 Å². The highest BCUT2D eigenvalue weighted by Gasteiger charge is 2.44. The second kappa shape index (κ2) is 4.21. The van der Waals surface area contributed by atoms with Gasteiger partial charge < -0.3 is 4.79 Å². The molecule has 0 spiro atoms. The van der Waals surface area contributed by atoms with Crippen LogP contribution >= 0.6 is 11.6 Å². The topological polar surface area (TPSA) is 17.1 Å². The van der Waals surface area contributed by atoms with Crippen LogP contribution in [0.5, 0.6) is 0 Å². The van der Waals surface area contributed by atoms with Gasteiger partial charge in [0.15, 0.2) is 0 Å². The van der Waals surface area contributed by atoms with Crippen molar-refractivity contribution in [2.75, 3.05) is 0 Å². The lowest BCUT2D eigenvalue weighted by Crippen LogP contribution is -2.08. The molecule has 1 saturated carbocycles. The minimum absolute atomic E-state index is 0.208. The molecule has 0 amide bonds. The molecule has 1 fully saturated rings. The summed E-state index contributed by atoms with van der Waals surface area (Å²) < 4.78 is 0. The molecule has 86 valence electrons. The molecule has 1 aromatic carbocycles. The fraction of sp³-hybridized carbons (Fsp3) is 0.500. The maximum atomic E-state index is 11.0. The number of hydrogen-bond acceptors (Lipinski definition) is 1. The first kappa shape index (κ1) is 11.7. The van der Waals surface area contributed by atoms with Crippen molar-refractivity contribution >= 4 is 17.9 Å². The molecule has 0 saturated heterocycles. The van der Waals surface area contributed by atoms with Gasteiger partial charge >= 0.3 is 0 Å². The van der Waals surface area contributed by atoms with Crippen LogP contribution in [0.1, 0.15) is 37.8 Å². The minimum atomic E-state index is -0.208. The Balaban J connectivity index is 2.26. The molecule has 2 heteroatoms. The van der Waals surface area contributed by atoms with E-state index in [0.29, 0.717) is 5.92 Å². The van der Waals surface area contributed by atoms with Crippen molar-refractivity contribution in [1.82, 2.24) is 0 Å². The molecule has 0 atom stereocenters. The summed E-state index contributed by atoms with van der Waals surface area (Å²) in [6.07, 6.45) is 4.00. The van der Waals surface area contributed by atoms with Gasteiger partial charge in [0.25, 0.3) is 0 Å². The summed E-state index contributed by atoms with van der Waals surface area (Å²) in [6, 6.07) is 6.10. The molecule has 1 nitrogen and oxygen atoms in total. The van der Waals surface area contributed by atoms with E-state index in [0.717, 1.165) is 36.1 Å². The number of carbonyl (C=O) groups is 1. The Morgan fingerprint density at radius 2 is 2.12 bits per heavy atom. The standard InChI is InChI=1S/C14H17ClO/c1-10(2)7-11-3-4-12(8-13(11)15)14(9-16)5-6-14/h3-4,8-10H,5-7H2,1-2H3. The molecule has 0 bridgehead atoms. The smallest absolute Gasteiger partial charge is 0.130 e. The van der Waals surface area contributed by atoms with E-state index in [9.17, 15) is 4.79 Å². The van der Waals surface area contributed by atoms with Gasteiger partial charge in [-0.3, -0.25) is 0 Å². The second-order valence-electron chi connectivity index (χ2n) is 5.18. The van der Waals surface area contributed by atoms with Gasteiger partial charge in [-0.2, -0.15) is 0 Å². The van der Waals surface area contributed by atoms with Gasteiger partial charge in [0.2, 0.25) is 0 Å². The van der Waals surface area contributed by atoms with Crippen LogP contribution in [0.15, 0.2) is 18.2 Å². The first-order valence-electron chi connectivity index (χ1n) is 5.83. The predicted octanol–water partition coefficient (Wildman–Crippen LogP) is 3.77. The normalized spacial score (nSPS) is 17.5. The highest BCUT2D eigenvalue weighted by molar-refractivity contribution is 6.31. The van der Waals surface area contributed by atoms with Crippen LogP contribution in [0.2, 0.25) is 5.02 Å². The summed E-state index contributed by atoms with van der Waals surface area (Å²) in [4.78, 5) is 11.0. The third kappa shape index (κ3) is 2.15. The van der Waals surface area contributed by atoms with E-state index in [4.69, 9.17) is 11.6 Å². The van der Waals surface area contributed by atoms with Crippen LogP contribution in [0.4, 0.5) is 0 Å². The van der Waals surface area contributed by atoms with E-state index in [1.54, 1.807) is 0 Å². The molecular formula is C14H17ClO. The van der Waals surface area contributed by atoms with Crippen LogP contribution in [0.3, 0.4) is 0 Å². The lowest BCUT2D eigenvalue weighted by Gasteiger charge is -2.12. The number of carbonyl (C=O) groups excluding carboxylic acids is 1. The summed E-state index contributed by atoms with van der Waals surface area (Å²) in [5, 5.41) is 0.805. The molecule has 0 radical (unpaired) electrons. The number of benzene rings is 1. The van der Waals surface area contributed by atoms with Crippen molar-refractivity contribution in [2.45, 2.75) is 38.5 Å². The molecule has 0 aliphatic heterocycles. The Bertz CT molecular complexity index is 405. The predicted molar refractivity (Wildman–Crippen MR) is 67.0 cm³/mol.